The molecule has 23 heavy (non-hydrogen) atoms. The van der Waals surface area contributed by atoms with E-state index in [1.807, 2.05) is 36.5 Å². The van der Waals surface area contributed by atoms with Crippen molar-refractivity contribution in [1.82, 2.24) is 20.0 Å². The van der Waals surface area contributed by atoms with E-state index >= 15 is 0 Å². The van der Waals surface area contributed by atoms with Gasteiger partial charge in [-0.05, 0) is 18.2 Å². The summed E-state index contributed by atoms with van der Waals surface area (Å²) >= 11 is 0. The Morgan fingerprint density at radius 2 is 2.04 bits per heavy atom. The number of aromatic nitrogens is 2. The maximum Gasteiger partial charge on any atom is 0.246 e. The van der Waals surface area contributed by atoms with Crippen molar-refractivity contribution in [2.24, 2.45) is 0 Å². The first-order valence-corrected chi connectivity index (χ1v) is 7.56. The van der Waals surface area contributed by atoms with Gasteiger partial charge in [-0.3, -0.25) is 9.59 Å². The molecule has 1 aromatic carbocycles. The van der Waals surface area contributed by atoms with E-state index in [1.165, 1.54) is 6.08 Å². The fraction of sp³-hybridized carbons (Fsp3) is 0.235. The van der Waals surface area contributed by atoms with Gasteiger partial charge in [-0.2, -0.15) is 5.10 Å². The van der Waals surface area contributed by atoms with Crippen LogP contribution in [0.1, 0.15) is 12.0 Å². The summed E-state index contributed by atoms with van der Waals surface area (Å²) in [5.74, 6) is -0.0950. The highest BCUT2D eigenvalue weighted by molar-refractivity contribution is 5.92. The molecule has 0 aliphatic carbocycles. The molecule has 0 unspecified atom stereocenters. The summed E-state index contributed by atoms with van der Waals surface area (Å²) < 4.78 is 1.76. The van der Waals surface area contributed by atoms with Gasteiger partial charge in [-0.1, -0.05) is 18.2 Å². The Morgan fingerprint density at radius 3 is 2.87 bits per heavy atom. The fourth-order valence-electron chi connectivity index (χ4n) is 2.41. The summed E-state index contributed by atoms with van der Waals surface area (Å²) in [7, 11) is 0. The Morgan fingerprint density at radius 1 is 1.22 bits per heavy atom. The molecule has 1 aromatic heterocycles. The van der Waals surface area contributed by atoms with E-state index in [4.69, 9.17) is 0 Å². The minimum atomic E-state index is -0.0889. The van der Waals surface area contributed by atoms with E-state index < -0.39 is 0 Å². The van der Waals surface area contributed by atoms with Gasteiger partial charge in [0.05, 0.1) is 11.9 Å². The standard InChI is InChI=1S/C17H18N4O2/c22-16-8-10-20(11-9-18-16)17(23)7-6-14-12-19-21(13-14)15-4-2-1-3-5-15/h1-7,12-13H,8-11H2,(H,18,22)/b7-6+. The van der Waals surface area contributed by atoms with Gasteiger partial charge in [0, 0.05) is 43.9 Å². The third-order valence-corrected chi connectivity index (χ3v) is 3.67. The lowest BCUT2D eigenvalue weighted by molar-refractivity contribution is -0.125. The van der Waals surface area contributed by atoms with Crippen LogP contribution in [-0.4, -0.2) is 46.1 Å². The molecule has 1 aliphatic heterocycles. The molecule has 3 rings (SSSR count). The molecule has 2 heterocycles. The highest BCUT2D eigenvalue weighted by Gasteiger charge is 2.16. The Kier molecular flexibility index (Phi) is 4.52. The van der Waals surface area contributed by atoms with Crippen LogP contribution in [0.25, 0.3) is 11.8 Å². The second kappa shape index (κ2) is 6.91. The van der Waals surface area contributed by atoms with Gasteiger partial charge in [-0.15, -0.1) is 0 Å². The minimum Gasteiger partial charge on any atom is -0.354 e. The lowest BCUT2D eigenvalue weighted by Gasteiger charge is -2.16. The molecule has 1 N–H and O–H groups in total. The molecule has 2 amide bonds. The molecule has 0 bridgehead atoms. The monoisotopic (exact) mass is 310 g/mol. The van der Waals surface area contributed by atoms with Crippen LogP contribution in [0.4, 0.5) is 0 Å². The SMILES string of the molecule is O=C1CCN(C(=O)/C=C/c2cnn(-c3ccccc3)c2)CCN1. The third kappa shape index (κ3) is 3.85. The molecular weight excluding hydrogens is 292 g/mol. The summed E-state index contributed by atoms with van der Waals surface area (Å²) in [6, 6.07) is 9.78. The fourth-order valence-corrected chi connectivity index (χ4v) is 2.41. The van der Waals surface area contributed by atoms with E-state index in [2.05, 4.69) is 10.4 Å². The first-order chi connectivity index (χ1) is 11.2. The second-order valence-corrected chi connectivity index (χ2v) is 5.31. The summed E-state index contributed by atoms with van der Waals surface area (Å²) in [5, 5.41) is 7.04. The van der Waals surface area contributed by atoms with Crippen LogP contribution in [0.5, 0.6) is 0 Å². The number of para-hydroxylation sites is 1. The molecule has 0 spiro atoms. The van der Waals surface area contributed by atoms with E-state index in [0.29, 0.717) is 26.1 Å². The van der Waals surface area contributed by atoms with Crippen LogP contribution in [0.15, 0.2) is 48.8 Å². The smallest absolute Gasteiger partial charge is 0.246 e. The average Bonchev–Trinajstić information content (AvgIpc) is 2.95. The minimum absolute atomic E-state index is 0.00610. The number of rotatable bonds is 3. The van der Waals surface area contributed by atoms with Crippen LogP contribution in [0.2, 0.25) is 0 Å². The summed E-state index contributed by atoms with van der Waals surface area (Å²) in [6.07, 6.45) is 7.21. The molecule has 118 valence electrons. The first kappa shape index (κ1) is 15.0. The summed E-state index contributed by atoms with van der Waals surface area (Å²) in [5.41, 5.74) is 1.82. The highest BCUT2D eigenvalue weighted by atomic mass is 16.2. The molecule has 0 atom stereocenters. The Hall–Kier alpha value is -2.89. The van der Waals surface area contributed by atoms with Crippen LogP contribution < -0.4 is 5.32 Å². The van der Waals surface area contributed by atoms with E-state index in [9.17, 15) is 9.59 Å². The van der Waals surface area contributed by atoms with E-state index in [0.717, 1.165) is 11.3 Å². The zero-order valence-electron chi connectivity index (χ0n) is 12.7. The molecule has 6 nitrogen and oxygen atoms in total. The molecule has 6 heteroatoms. The van der Waals surface area contributed by atoms with Crippen molar-refractivity contribution in [3.8, 4) is 5.69 Å². The van der Waals surface area contributed by atoms with Crippen LogP contribution in [-0.2, 0) is 9.59 Å². The molecule has 1 saturated heterocycles. The maximum absolute atomic E-state index is 12.2. The van der Waals surface area contributed by atoms with Gasteiger partial charge >= 0.3 is 0 Å². The van der Waals surface area contributed by atoms with E-state index in [1.54, 1.807) is 21.9 Å². The van der Waals surface area contributed by atoms with Gasteiger partial charge in [-0.25, -0.2) is 4.68 Å². The third-order valence-electron chi connectivity index (χ3n) is 3.67. The normalized spacial score (nSPS) is 15.5. The van der Waals surface area contributed by atoms with Gasteiger partial charge in [0.2, 0.25) is 11.8 Å². The van der Waals surface area contributed by atoms with Gasteiger partial charge in [0.1, 0.15) is 0 Å². The second-order valence-electron chi connectivity index (χ2n) is 5.31. The molecule has 2 aromatic rings. The largest absolute Gasteiger partial charge is 0.354 e. The van der Waals surface area contributed by atoms with Crippen LogP contribution in [0, 0.1) is 0 Å². The van der Waals surface area contributed by atoms with Crippen molar-refractivity contribution in [2.45, 2.75) is 6.42 Å². The molecule has 1 fully saturated rings. The van der Waals surface area contributed by atoms with Gasteiger partial charge in [0.15, 0.2) is 0 Å². The molecule has 0 radical (unpaired) electrons. The lowest BCUT2D eigenvalue weighted by Crippen LogP contribution is -2.32. The molecule has 0 saturated carbocycles. The Bertz CT molecular complexity index is 721. The van der Waals surface area contributed by atoms with Crippen molar-refractivity contribution in [2.75, 3.05) is 19.6 Å². The molecular formula is C17H18N4O2. The number of carbonyl (C=O) groups is 2. The van der Waals surface area contributed by atoms with Crippen molar-refractivity contribution in [3.63, 3.8) is 0 Å². The van der Waals surface area contributed by atoms with Crippen molar-refractivity contribution >= 4 is 17.9 Å². The van der Waals surface area contributed by atoms with Crippen LogP contribution >= 0.6 is 0 Å². The van der Waals surface area contributed by atoms with Crippen LogP contribution in [0.3, 0.4) is 0 Å². The lowest BCUT2D eigenvalue weighted by atomic mass is 10.3. The highest BCUT2D eigenvalue weighted by Crippen LogP contribution is 2.09. The summed E-state index contributed by atoms with van der Waals surface area (Å²) in [6.45, 7) is 1.50. The van der Waals surface area contributed by atoms with E-state index in [-0.39, 0.29) is 11.8 Å². The predicted molar refractivity (Wildman–Crippen MR) is 86.8 cm³/mol. The number of carbonyl (C=O) groups excluding carboxylic acids is 2. The number of hydrogen-bond donors (Lipinski definition) is 1. The number of nitrogens with one attached hydrogen (secondary N) is 1. The quantitative estimate of drug-likeness (QED) is 0.867. The number of nitrogens with zero attached hydrogens (tertiary/aromatic N) is 3. The number of hydrogen-bond acceptors (Lipinski definition) is 3. The number of amides is 2. The zero-order chi connectivity index (χ0) is 16.1. The predicted octanol–water partition coefficient (Wildman–Crippen LogP) is 1.23. The van der Waals surface area contributed by atoms with Crippen molar-refractivity contribution in [1.29, 1.82) is 0 Å². The Labute approximate surface area is 134 Å². The topological polar surface area (TPSA) is 67.2 Å². The first-order valence-electron chi connectivity index (χ1n) is 7.56. The zero-order valence-corrected chi connectivity index (χ0v) is 12.7. The molecule has 1 aliphatic rings. The van der Waals surface area contributed by atoms with Crippen molar-refractivity contribution in [3.05, 3.63) is 54.4 Å². The van der Waals surface area contributed by atoms with Gasteiger partial charge < -0.3 is 10.2 Å². The number of benzene rings is 1. The van der Waals surface area contributed by atoms with Crippen molar-refractivity contribution < 1.29 is 9.59 Å². The summed E-state index contributed by atoms with van der Waals surface area (Å²) in [4.78, 5) is 25.1. The average molecular weight is 310 g/mol. The van der Waals surface area contributed by atoms with Gasteiger partial charge in [0.25, 0.3) is 0 Å². The Balaban J connectivity index is 1.65. The maximum atomic E-state index is 12.2.